The Bertz CT molecular complexity index is 1730. The number of pyridine rings is 2. The molecule has 0 N–H and O–H groups in total. The molecule has 51 heavy (non-hydrogen) atoms. The van der Waals surface area contributed by atoms with Gasteiger partial charge in [-0.05, 0) is 72.2 Å². The van der Waals surface area contributed by atoms with Crippen LogP contribution in [0.1, 0.15) is 100 Å². The molecule has 0 bridgehead atoms. The molecular weight excluding hydrogens is 675 g/mol. The minimum atomic E-state index is -0.196. The number of para-hydroxylation sites is 2. The van der Waals surface area contributed by atoms with Crippen molar-refractivity contribution < 1.29 is 26.1 Å². The molecule has 0 saturated carbocycles. The van der Waals surface area contributed by atoms with Gasteiger partial charge in [-0.25, -0.2) is 0 Å². The third-order valence-electron chi connectivity index (χ3n) is 9.83. The molecule has 2 aliphatic rings. The van der Waals surface area contributed by atoms with Crippen LogP contribution in [-0.4, -0.2) is 34.6 Å². The Balaban J connectivity index is 0.000000224. The fourth-order valence-electron chi connectivity index (χ4n) is 6.87. The summed E-state index contributed by atoms with van der Waals surface area (Å²) in [6, 6.07) is 27.8. The van der Waals surface area contributed by atoms with Crippen LogP contribution in [0.5, 0.6) is 0 Å². The summed E-state index contributed by atoms with van der Waals surface area (Å²) in [6.07, 6.45) is 9.05. The summed E-state index contributed by atoms with van der Waals surface area (Å²) < 4.78 is 0. The van der Waals surface area contributed by atoms with Gasteiger partial charge >= 0.3 is 0 Å². The number of anilines is 2. The molecule has 6 nitrogen and oxygen atoms in total. The molecule has 4 heterocycles. The minimum Gasteiger partial charge on any atom is -0.344 e. The Kier molecular flexibility index (Phi) is 13.0. The van der Waals surface area contributed by atoms with E-state index in [0.717, 1.165) is 37.3 Å². The fourth-order valence-corrected chi connectivity index (χ4v) is 6.87. The van der Waals surface area contributed by atoms with E-state index in [9.17, 15) is 9.59 Å². The van der Waals surface area contributed by atoms with Crippen LogP contribution >= 0.6 is 0 Å². The molecule has 0 atom stereocenters. The van der Waals surface area contributed by atoms with Gasteiger partial charge in [-0.2, -0.15) is 0 Å². The molecule has 6 rings (SSSR count). The Hall–Kier alpha value is -4.35. The number of carbonyl (C=O) groups excluding carboxylic acids is 2. The smallest absolute Gasteiger partial charge is 0.205 e. The molecule has 0 amide bonds. The Morgan fingerprint density at radius 1 is 0.588 bits per heavy atom. The predicted molar refractivity (Wildman–Crippen MR) is 206 cm³/mol. The fraction of sp³-hybridized carbons (Fsp3) is 0.364. The van der Waals surface area contributed by atoms with Crippen LogP contribution in [0.3, 0.4) is 0 Å². The second kappa shape index (κ2) is 16.8. The van der Waals surface area contributed by atoms with Gasteiger partial charge in [0.1, 0.15) is 11.4 Å². The number of hydrogen-bond donors (Lipinski definition) is 0. The number of ketones is 2. The van der Waals surface area contributed by atoms with Crippen molar-refractivity contribution in [1.29, 1.82) is 0 Å². The average molecular weight is 728 g/mol. The summed E-state index contributed by atoms with van der Waals surface area (Å²) in [7, 11) is 0. The van der Waals surface area contributed by atoms with Crippen molar-refractivity contribution >= 4 is 22.9 Å². The van der Waals surface area contributed by atoms with Crippen LogP contribution in [0.2, 0.25) is 0 Å². The summed E-state index contributed by atoms with van der Waals surface area (Å²) in [5, 5.41) is 0. The third kappa shape index (κ3) is 8.76. The van der Waals surface area contributed by atoms with Crippen LogP contribution in [-0.2, 0) is 27.3 Å². The topological polar surface area (TPSA) is 66.4 Å². The zero-order chi connectivity index (χ0) is 36.1. The van der Waals surface area contributed by atoms with Crippen molar-refractivity contribution in [2.75, 3.05) is 22.9 Å². The number of allylic oxidation sites excluding steroid dienone is 4. The number of carbonyl (C=O) groups is 2. The van der Waals surface area contributed by atoms with E-state index in [4.69, 9.17) is 0 Å². The maximum absolute atomic E-state index is 12.8. The van der Waals surface area contributed by atoms with E-state index >= 15 is 0 Å². The van der Waals surface area contributed by atoms with Crippen LogP contribution in [0.25, 0.3) is 0 Å². The molecular formula is C44H52N4NiO2. The number of rotatable bonds is 10. The number of hydrogen-bond acceptors (Lipinski definition) is 6. The van der Waals surface area contributed by atoms with Gasteiger partial charge in [-0.1, -0.05) is 104 Å². The Labute approximate surface area is 315 Å². The van der Waals surface area contributed by atoms with Crippen molar-refractivity contribution in [2.45, 2.75) is 79.1 Å². The van der Waals surface area contributed by atoms with Gasteiger partial charge in [0.25, 0.3) is 0 Å². The Morgan fingerprint density at radius 3 is 1.27 bits per heavy atom. The number of nitrogens with zero attached hydrogens (tertiary/aromatic N) is 4. The maximum atomic E-state index is 12.8. The first-order valence-electron chi connectivity index (χ1n) is 17.9. The SMILES string of the molecule is CC(C)CCN1/C(=C\C(=O)c2ccccn2)C(C)(C)c2ccccc21.CC(C)CCN1/C(=C\C(=O)c2ccccn2)C(C)(C)c2ccccc21.[Ni]. The first-order chi connectivity index (χ1) is 23.8. The van der Waals surface area contributed by atoms with Crippen LogP contribution in [0.4, 0.5) is 11.4 Å². The summed E-state index contributed by atoms with van der Waals surface area (Å²) in [6.45, 7) is 19.5. The quantitative estimate of drug-likeness (QED) is 0.0921. The van der Waals surface area contributed by atoms with Gasteiger partial charge in [0, 0.05) is 87.7 Å². The maximum Gasteiger partial charge on any atom is 0.205 e. The monoisotopic (exact) mass is 726 g/mol. The molecule has 2 aliphatic heterocycles. The van der Waals surface area contributed by atoms with Gasteiger partial charge in [0.15, 0.2) is 0 Å². The van der Waals surface area contributed by atoms with Gasteiger partial charge in [-0.15, -0.1) is 0 Å². The van der Waals surface area contributed by atoms with E-state index in [1.54, 1.807) is 36.7 Å². The number of aromatic nitrogens is 2. The molecule has 4 aromatic rings. The average Bonchev–Trinajstić information content (AvgIpc) is 3.45. The predicted octanol–water partition coefficient (Wildman–Crippen LogP) is 9.98. The van der Waals surface area contributed by atoms with E-state index in [1.165, 1.54) is 22.5 Å². The summed E-state index contributed by atoms with van der Waals surface area (Å²) >= 11 is 0. The molecule has 0 spiro atoms. The third-order valence-corrected chi connectivity index (χ3v) is 9.83. The first kappa shape index (κ1) is 39.4. The standard InChI is InChI=1S/2C22H26N2O.Ni/c2*1-16(2)12-14-24-19-11-6-5-9-17(19)22(3,4)21(24)15-20(25)18-10-7-8-13-23-18;/h2*5-11,13,15-16H,12,14H2,1-4H3;/b2*21-15-;. The van der Waals surface area contributed by atoms with E-state index in [1.807, 2.05) is 24.3 Å². The van der Waals surface area contributed by atoms with Crippen molar-refractivity contribution in [3.05, 3.63) is 143 Å². The molecule has 0 aliphatic carbocycles. The molecule has 0 fully saturated rings. The zero-order valence-corrected chi connectivity index (χ0v) is 32.3. The summed E-state index contributed by atoms with van der Waals surface area (Å²) in [5.41, 5.74) is 7.70. The number of fused-ring (bicyclic) bond motifs is 2. The second-order valence-corrected chi connectivity index (χ2v) is 15.2. The second-order valence-electron chi connectivity index (χ2n) is 15.2. The molecule has 270 valence electrons. The largest absolute Gasteiger partial charge is 0.344 e. The van der Waals surface area contributed by atoms with E-state index < -0.39 is 0 Å². The van der Waals surface area contributed by atoms with Crippen molar-refractivity contribution in [2.24, 2.45) is 11.8 Å². The molecule has 0 radical (unpaired) electrons. The van der Waals surface area contributed by atoms with Crippen molar-refractivity contribution in [3.63, 3.8) is 0 Å². The van der Waals surface area contributed by atoms with Crippen molar-refractivity contribution in [1.82, 2.24) is 9.97 Å². The van der Waals surface area contributed by atoms with Crippen LogP contribution in [0.15, 0.2) is 121 Å². The number of benzene rings is 2. The van der Waals surface area contributed by atoms with E-state index in [0.29, 0.717) is 23.2 Å². The summed E-state index contributed by atoms with van der Waals surface area (Å²) in [4.78, 5) is 38.6. The molecule has 2 aromatic carbocycles. The van der Waals surface area contributed by atoms with Crippen LogP contribution < -0.4 is 9.80 Å². The van der Waals surface area contributed by atoms with Gasteiger partial charge < -0.3 is 9.80 Å². The molecule has 0 unspecified atom stereocenters. The molecule has 2 aromatic heterocycles. The van der Waals surface area contributed by atoms with E-state index in [2.05, 4.69) is 124 Å². The minimum absolute atomic E-state index is 0. The van der Waals surface area contributed by atoms with Gasteiger partial charge in [-0.3, -0.25) is 19.6 Å². The normalized spacial score (nSPS) is 16.8. The van der Waals surface area contributed by atoms with E-state index in [-0.39, 0.29) is 38.9 Å². The van der Waals surface area contributed by atoms with Crippen molar-refractivity contribution in [3.8, 4) is 0 Å². The summed E-state index contributed by atoms with van der Waals surface area (Å²) in [5.74, 6) is 1.16. The first-order valence-corrected chi connectivity index (χ1v) is 17.9. The molecule has 0 saturated heterocycles. The Morgan fingerprint density at radius 2 is 0.941 bits per heavy atom. The molecule has 7 heteroatoms. The van der Waals surface area contributed by atoms with Gasteiger partial charge in [0.2, 0.25) is 11.6 Å². The van der Waals surface area contributed by atoms with Crippen LogP contribution in [0, 0.1) is 11.8 Å². The zero-order valence-electron chi connectivity index (χ0n) is 31.3. The van der Waals surface area contributed by atoms with Gasteiger partial charge in [0.05, 0.1) is 0 Å².